The van der Waals surface area contributed by atoms with E-state index in [1.54, 1.807) is 36.9 Å². The molecule has 0 spiro atoms. The summed E-state index contributed by atoms with van der Waals surface area (Å²) in [5.41, 5.74) is 0.890. The van der Waals surface area contributed by atoms with Gasteiger partial charge >= 0.3 is 5.97 Å². The molecule has 1 atom stereocenters. The van der Waals surface area contributed by atoms with E-state index in [0.717, 1.165) is 5.75 Å². The molecule has 1 aromatic rings. The van der Waals surface area contributed by atoms with Gasteiger partial charge in [-0.1, -0.05) is 25.1 Å². The number of allylic oxidation sites excluding steroid dienone is 1. The van der Waals surface area contributed by atoms with Crippen LogP contribution in [-0.4, -0.2) is 34.9 Å². The first kappa shape index (κ1) is 19.0. The summed E-state index contributed by atoms with van der Waals surface area (Å²) in [5.74, 6) is 0.0865. The Bertz CT molecular complexity index is 717. The Balaban J connectivity index is 2.34. The molecule has 134 valence electrons. The van der Waals surface area contributed by atoms with Gasteiger partial charge in [-0.15, -0.1) is 0 Å². The van der Waals surface area contributed by atoms with E-state index in [1.807, 2.05) is 6.92 Å². The first-order valence-corrected chi connectivity index (χ1v) is 9.10. The second-order valence-electron chi connectivity index (χ2n) is 5.49. The predicted molar refractivity (Wildman–Crippen MR) is 95.3 cm³/mol. The van der Waals surface area contributed by atoms with E-state index in [9.17, 15) is 19.7 Å². The molecule has 0 saturated carbocycles. The normalized spacial score (nSPS) is 17.2. The molecule has 0 aliphatic carbocycles. The van der Waals surface area contributed by atoms with Crippen LogP contribution in [0.3, 0.4) is 0 Å². The Morgan fingerprint density at radius 3 is 2.84 bits per heavy atom. The van der Waals surface area contributed by atoms with Crippen LogP contribution < -0.4 is 5.32 Å². The van der Waals surface area contributed by atoms with Crippen molar-refractivity contribution in [3.8, 4) is 0 Å². The molecule has 1 unspecified atom stereocenters. The first-order valence-electron chi connectivity index (χ1n) is 7.94. The maximum atomic E-state index is 12.5. The second kappa shape index (κ2) is 8.66. The summed E-state index contributed by atoms with van der Waals surface area (Å²) in [4.78, 5) is 35.3. The minimum atomic E-state index is -0.693. The topological polar surface area (TPSA) is 98.5 Å². The fourth-order valence-electron chi connectivity index (χ4n) is 2.80. The van der Waals surface area contributed by atoms with Crippen LogP contribution in [0.4, 0.5) is 5.69 Å². The van der Waals surface area contributed by atoms with Crippen molar-refractivity contribution < 1.29 is 19.2 Å². The van der Waals surface area contributed by atoms with Gasteiger partial charge in [0.2, 0.25) is 5.91 Å². The molecule has 1 aliphatic heterocycles. The van der Waals surface area contributed by atoms with Crippen LogP contribution in [0.15, 0.2) is 35.5 Å². The van der Waals surface area contributed by atoms with E-state index in [2.05, 4.69) is 5.32 Å². The van der Waals surface area contributed by atoms with Crippen molar-refractivity contribution in [1.29, 1.82) is 0 Å². The maximum Gasteiger partial charge on any atom is 0.336 e. The lowest BCUT2D eigenvalue weighted by atomic mass is 9.83. The van der Waals surface area contributed by atoms with E-state index in [-0.39, 0.29) is 30.2 Å². The smallest absolute Gasteiger partial charge is 0.336 e. The zero-order valence-electron chi connectivity index (χ0n) is 14.1. The van der Waals surface area contributed by atoms with Crippen molar-refractivity contribution in [2.75, 3.05) is 18.1 Å². The molecule has 0 radical (unpaired) electrons. The number of nitro groups is 1. The van der Waals surface area contributed by atoms with Crippen molar-refractivity contribution in [2.24, 2.45) is 0 Å². The zero-order valence-corrected chi connectivity index (χ0v) is 14.9. The monoisotopic (exact) mass is 364 g/mol. The summed E-state index contributed by atoms with van der Waals surface area (Å²) in [6.07, 6.45) is -0.0314. The second-order valence-corrected chi connectivity index (χ2v) is 6.89. The van der Waals surface area contributed by atoms with Gasteiger partial charge in [0.05, 0.1) is 10.5 Å². The third-order valence-corrected chi connectivity index (χ3v) is 4.73. The van der Waals surface area contributed by atoms with Gasteiger partial charge in [-0.2, -0.15) is 11.8 Å². The highest BCUT2D eigenvalue weighted by Crippen LogP contribution is 2.37. The molecule has 25 heavy (non-hydrogen) atoms. The average molecular weight is 364 g/mol. The standard InChI is InChI=1S/C17H20N2O5S/c1-3-25-9-8-24-17(21)16-11(2)18-15(20)10-13(16)12-6-4-5-7-14(12)19(22)23/h4-7,13H,3,8-10H2,1-2H3,(H,18,20). The number of hydrogen-bond acceptors (Lipinski definition) is 6. The summed E-state index contributed by atoms with van der Waals surface area (Å²) in [5, 5.41) is 13.9. The van der Waals surface area contributed by atoms with Crippen LogP contribution in [-0.2, 0) is 14.3 Å². The number of rotatable bonds is 7. The number of carbonyl (C=O) groups is 2. The van der Waals surface area contributed by atoms with Crippen molar-refractivity contribution in [3.05, 3.63) is 51.2 Å². The number of amides is 1. The van der Waals surface area contributed by atoms with Gasteiger partial charge in [0.25, 0.3) is 5.69 Å². The van der Waals surface area contributed by atoms with Crippen LogP contribution >= 0.6 is 11.8 Å². The van der Waals surface area contributed by atoms with Crippen LogP contribution in [0.25, 0.3) is 0 Å². The number of hydrogen-bond donors (Lipinski definition) is 1. The third-order valence-electron chi connectivity index (χ3n) is 3.86. The van der Waals surface area contributed by atoms with Gasteiger partial charge < -0.3 is 10.1 Å². The van der Waals surface area contributed by atoms with Crippen LogP contribution in [0.1, 0.15) is 31.7 Å². The van der Waals surface area contributed by atoms with Gasteiger partial charge in [0, 0.05) is 35.4 Å². The molecule has 2 rings (SSSR count). The number of nitrogens with one attached hydrogen (secondary N) is 1. The van der Waals surface area contributed by atoms with Crippen molar-refractivity contribution in [2.45, 2.75) is 26.2 Å². The summed E-state index contributed by atoms with van der Waals surface area (Å²) in [7, 11) is 0. The number of carbonyl (C=O) groups excluding carboxylic acids is 2. The van der Waals surface area contributed by atoms with Crippen LogP contribution in [0.2, 0.25) is 0 Å². The summed E-state index contributed by atoms with van der Waals surface area (Å²) in [6, 6.07) is 6.17. The Morgan fingerprint density at radius 1 is 1.44 bits per heavy atom. The molecule has 1 N–H and O–H groups in total. The summed E-state index contributed by atoms with van der Waals surface area (Å²) >= 11 is 1.65. The van der Waals surface area contributed by atoms with Crippen molar-refractivity contribution >= 4 is 29.3 Å². The zero-order chi connectivity index (χ0) is 18.4. The highest BCUT2D eigenvalue weighted by Gasteiger charge is 2.36. The van der Waals surface area contributed by atoms with Gasteiger partial charge in [0.1, 0.15) is 6.61 Å². The minimum absolute atomic E-state index is 0.0314. The average Bonchev–Trinajstić information content (AvgIpc) is 2.57. The molecule has 0 saturated heterocycles. The van der Waals surface area contributed by atoms with E-state index in [1.165, 1.54) is 6.07 Å². The molecule has 8 heteroatoms. The van der Waals surface area contributed by atoms with Gasteiger partial charge in [-0.05, 0) is 12.7 Å². The molecule has 1 heterocycles. The molecule has 0 fully saturated rings. The first-order chi connectivity index (χ1) is 12.0. The quantitative estimate of drug-likeness (QED) is 0.346. The third kappa shape index (κ3) is 4.60. The largest absolute Gasteiger partial charge is 0.461 e. The number of nitrogens with zero attached hydrogens (tertiary/aromatic N) is 1. The molecular weight excluding hydrogens is 344 g/mol. The summed E-state index contributed by atoms with van der Waals surface area (Å²) in [6.45, 7) is 3.88. The van der Waals surface area contributed by atoms with Crippen molar-refractivity contribution in [1.82, 2.24) is 5.32 Å². The Hall–Kier alpha value is -2.35. The van der Waals surface area contributed by atoms with Gasteiger partial charge in [-0.3, -0.25) is 14.9 Å². The van der Waals surface area contributed by atoms with E-state index in [4.69, 9.17) is 4.74 Å². The van der Waals surface area contributed by atoms with Gasteiger partial charge in [-0.25, -0.2) is 4.79 Å². The Labute approximate surface area is 150 Å². The lowest BCUT2D eigenvalue weighted by Gasteiger charge is -2.26. The van der Waals surface area contributed by atoms with Crippen LogP contribution in [0.5, 0.6) is 0 Å². The van der Waals surface area contributed by atoms with E-state index < -0.39 is 16.8 Å². The summed E-state index contributed by atoms with van der Waals surface area (Å²) < 4.78 is 5.30. The van der Waals surface area contributed by atoms with E-state index >= 15 is 0 Å². The van der Waals surface area contributed by atoms with Crippen LogP contribution in [0, 0.1) is 10.1 Å². The molecule has 1 aliphatic rings. The fourth-order valence-corrected chi connectivity index (χ4v) is 3.29. The lowest BCUT2D eigenvalue weighted by molar-refractivity contribution is -0.385. The Kier molecular flexibility index (Phi) is 6.58. The molecule has 7 nitrogen and oxygen atoms in total. The highest BCUT2D eigenvalue weighted by atomic mass is 32.2. The number of esters is 1. The molecule has 0 bridgehead atoms. The molecule has 1 amide bonds. The van der Waals surface area contributed by atoms with E-state index in [0.29, 0.717) is 17.0 Å². The SMILES string of the molecule is CCSCCOC(=O)C1=C(C)NC(=O)CC1c1ccccc1[N+](=O)[O-]. The van der Waals surface area contributed by atoms with Gasteiger partial charge in [0.15, 0.2) is 0 Å². The number of benzene rings is 1. The number of para-hydroxylation sites is 1. The number of thioether (sulfide) groups is 1. The minimum Gasteiger partial charge on any atom is -0.461 e. The molecule has 1 aromatic carbocycles. The number of ether oxygens (including phenoxy) is 1. The lowest BCUT2D eigenvalue weighted by Crippen LogP contribution is -2.34. The fraction of sp³-hybridized carbons (Fsp3) is 0.412. The Morgan fingerprint density at radius 2 is 2.16 bits per heavy atom. The predicted octanol–water partition coefficient (Wildman–Crippen LogP) is 2.77. The van der Waals surface area contributed by atoms with Crippen molar-refractivity contribution in [3.63, 3.8) is 0 Å². The molecule has 0 aromatic heterocycles. The number of nitro benzene ring substituents is 1. The maximum absolute atomic E-state index is 12.5. The molecular formula is C17H20N2O5S. The highest BCUT2D eigenvalue weighted by molar-refractivity contribution is 7.99.